The van der Waals surface area contributed by atoms with Gasteiger partial charge in [-0.15, -0.1) is 0 Å². The lowest BCUT2D eigenvalue weighted by Crippen LogP contribution is -2.56. The number of nitrogens with one attached hydrogen (secondary N) is 1. The van der Waals surface area contributed by atoms with Gasteiger partial charge in [-0.05, 0) is 68.0 Å². The average molecular weight is 356 g/mol. The summed E-state index contributed by atoms with van der Waals surface area (Å²) in [6, 6.07) is 10.8. The molecule has 1 saturated carbocycles. The van der Waals surface area contributed by atoms with Crippen LogP contribution in [0, 0.1) is 11.7 Å². The molecule has 3 rings (SSSR count). The van der Waals surface area contributed by atoms with Crippen molar-refractivity contribution < 1.29 is 19.1 Å². The van der Waals surface area contributed by atoms with Gasteiger partial charge in [0.25, 0.3) is 5.91 Å². The minimum absolute atomic E-state index is 0.145. The predicted molar refractivity (Wildman–Crippen MR) is 95.1 cm³/mol. The molecule has 136 valence electrons. The Morgan fingerprint density at radius 1 is 1.15 bits per heavy atom. The minimum Gasteiger partial charge on any atom is -0.480 e. The molecule has 5 nitrogen and oxygen atoms in total. The standard InChI is InChI=1S/C20H21FN2O3/c1-13-9-11-20(12-10-13,19(25)26)23-18(24)17-4-2-3-16(22-17)14-5-7-15(21)8-6-14/h2-8,13H,9-12H2,1H3,(H,23,24)(H,25,26). The van der Waals surface area contributed by atoms with Crippen LogP contribution in [0.5, 0.6) is 0 Å². The van der Waals surface area contributed by atoms with Crippen LogP contribution in [-0.2, 0) is 4.79 Å². The maximum atomic E-state index is 13.1. The molecule has 0 unspecified atom stereocenters. The highest BCUT2D eigenvalue weighted by atomic mass is 19.1. The summed E-state index contributed by atoms with van der Waals surface area (Å²) in [4.78, 5) is 28.8. The molecular formula is C20H21FN2O3. The Labute approximate surface area is 151 Å². The van der Waals surface area contributed by atoms with E-state index in [4.69, 9.17) is 0 Å². The number of amides is 1. The number of carbonyl (C=O) groups is 2. The van der Waals surface area contributed by atoms with Crippen LogP contribution in [0.1, 0.15) is 43.1 Å². The van der Waals surface area contributed by atoms with Crippen molar-refractivity contribution in [3.05, 3.63) is 54.0 Å². The van der Waals surface area contributed by atoms with Crippen LogP contribution in [0.2, 0.25) is 0 Å². The number of rotatable bonds is 4. The molecule has 0 spiro atoms. The molecule has 0 aliphatic heterocycles. The molecule has 1 aromatic heterocycles. The molecule has 0 radical (unpaired) electrons. The van der Waals surface area contributed by atoms with Crippen LogP contribution >= 0.6 is 0 Å². The Balaban J connectivity index is 1.82. The molecule has 1 heterocycles. The summed E-state index contributed by atoms with van der Waals surface area (Å²) in [5.41, 5.74) is 0.114. The molecular weight excluding hydrogens is 335 g/mol. The fraction of sp³-hybridized carbons (Fsp3) is 0.350. The van der Waals surface area contributed by atoms with Crippen molar-refractivity contribution in [2.75, 3.05) is 0 Å². The normalized spacial score (nSPS) is 22.6. The zero-order valence-corrected chi connectivity index (χ0v) is 14.5. The quantitative estimate of drug-likeness (QED) is 0.876. The van der Waals surface area contributed by atoms with Gasteiger partial charge >= 0.3 is 5.97 Å². The van der Waals surface area contributed by atoms with Crippen LogP contribution in [0.25, 0.3) is 11.3 Å². The van der Waals surface area contributed by atoms with E-state index in [0.29, 0.717) is 30.0 Å². The third-order valence-corrected chi connectivity index (χ3v) is 5.01. The van der Waals surface area contributed by atoms with Gasteiger partial charge in [-0.3, -0.25) is 4.79 Å². The second-order valence-electron chi connectivity index (χ2n) is 6.94. The number of nitrogens with zero attached hydrogens (tertiary/aromatic N) is 1. The van der Waals surface area contributed by atoms with Crippen LogP contribution in [0.15, 0.2) is 42.5 Å². The van der Waals surface area contributed by atoms with E-state index in [1.54, 1.807) is 30.3 Å². The SMILES string of the molecule is CC1CCC(NC(=O)c2cccc(-c3ccc(F)cc3)n2)(C(=O)O)CC1. The number of benzene rings is 1. The Bertz CT molecular complexity index is 812. The zero-order valence-electron chi connectivity index (χ0n) is 14.5. The van der Waals surface area contributed by atoms with E-state index in [9.17, 15) is 19.1 Å². The molecule has 1 aliphatic rings. The van der Waals surface area contributed by atoms with Gasteiger partial charge < -0.3 is 10.4 Å². The van der Waals surface area contributed by atoms with Crippen molar-refractivity contribution in [2.45, 2.75) is 38.1 Å². The molecule has 0 atom stereocenters. The van der Waals surface area contributed by atoms with Crippen molar-refractivity contribution in [1.82, 2.24) is 10.3 Å². The van der Waals surface area contributed by atoms with Crippen molar-refractivity contribution >= 4 is 11.9 Å². The number of carboxylic acid groups (broad SMARTS) is 1. The topological polar surface area (TPSA) is 79.3 Å². The molecule has 0 bridgehead atoms. The molecule has 0 saturated heterocycles. The van der Waals surface area contributed by atoms with Crippen LogP contribution < -0.4 is 5.32 Å². The lowest BCUT2D eigenvalue weighted by atomic mass is 9.77. The maximum Gasteiger partial charge on any atom is 0.329 e. The first-order chi connectivity index (χ1) is 12.4. The first kappa shape index (κ1) is 18.0. The average Bonchev–Trinajstić information content (AvgIpc) is 2.64. The summed E-state index contributed by atoms with van der Waals surface area (Å²) in [5, 5.41) is 12.4. The van der Waals surface area contributed by atoms with Crippen LogP contribution in [0.3, 0.4) is 0 Å². The molecule has 1 aromatic carbocycles. The fourth-order valence-electron chi connectivity index (χ4n) is 3.27. The van der Waals surface area contributed by atoms with Crippen LogP contribution in [0.4, 0.5) is 4.39 Å². The highest BCUT2D eigenvalue weighted by molar-refractivity contribution is 5.96. The Hall–Kier alpha value is -2.76. The van der Waals surface area contributed by atoms with Crippen molar-refractivity contribution in [1.29, 1.82) is 0 Å². The summed E-state index contributed by atoms with van der Waals surface area (Å²) in [5.74, 6) is -1.41. The Kier molecular flexibility index (Phi) is 5.02. The number of hydrogen-bond donors (Lipinski definition) is 2. The molecule has 2 aromatic rings. The van der Waals surface area contributed by atoms with Crippen molar-refractivity contribution in [3.8, 4) is 11.3 Å². The summed E-state index contributed by atoms with van der Waals surface area (Å²) in [7, 11) is 0. The first-order valence-electron chi connectivity index (χ1n) is 8.68. The van der Waals surface area contributed by atoms with Gasteiger partial charge in [-0.2, -0.15) is 0 Å². The largest absolute Gasteiger partial charge is 0.480 e. The molecule has 1 aliphatic carbocycles. The van der Waals surface area contributed by atoms with Gasteiger partial charge in [0, 0.05) is 5.56 Å². The van der Waals surface area contributed by atoms with Gasteiger partial charge in [0.15, 0.2) is 0 Å². The lowest BCUT2D eigenvalue weighted by molar-refractivity contribution is -0.146. The van der Waals surface area contributed by atoms with Crippen molar-refractivity contribution in [3.63, 3.8) is 0 Å². The third-order valence-electron chi connectivity index (χ3n) is 5.01. The number of carboxylic acids is 1. The van der Waals surface area contributed by atoms with Gasteiger partial charge in [0.05, 0.1) is 5.69 Å². The number of carbonyl (C=O) groups excluding carboxylic acids is 1. The highest BCUT2D eigenvalue weighted by Gasteiger charge is 2.42. The number of hydrogen-bond acceptors (Lipinski definition) is 3. The van der Waals surface area contributed by atoms with E-state index in [0.717, 1.165) is 12.8 Å². The second kappa shape index (κ2) is 7.23. The van der Waals surface area contributed by atoms with Gasteiger partial charge in [0.1, 0.15) is 17.1 Å². The number of pyridine rings is 1. The fourth-order valence-corrected chi connectivity index (χ4v) is 3.27. The summed E-state index contributed by atoms with van der Waals surface area (Å²) < 4.78 is 13.1. The lowest BCUT2D eigenvalue weighted by Gasteiger charge is -2.36. The molecule has 1 amide bonds. The van der Waals surface area contributed by atoms with E-state index < -0.39 is 17.4 Å². The summed E-state index contributed by atoms with van der Waals surface area (Å²) in [6.07, 6.45) is 2.34. The van der Waals surface area contributed by atoms with Crippen LogP contribution in [-0.4, -0.2) is 27.5 Å². The van der Waals surface area contributed by atoms with Crippen molar-refractivity contribution in [2.24, 2.45) is 5.92 Å². The van der Waals surface area contributed by atoms with E-state index in [-0.39, 0.29) is 11.5 Å². The van der Waals surface area contributed by atoms with E-state index in [1.165, 1.54) is 12.1 Å². The van der Waals surface area contributed by atoms with E-state index in [1.807, 2.05) is 0 Å². The predicted octanol–water partition coefficient (Wildman–Crippen LogP) is 3.65. The Morgan fingerprint density at radius 3 is 2.42 bits per heavy atom. The molecule has 1 fully saturated rings. The number of aliphatic carboxylic acids is 1. The summed E-state index contributed by atoms with van der Waals surface area (Å²) >= 11 is 0. The van der Waals surface area contributed by atoms with E-state index >= 15 is 0 Å². The molecule has 26 heavy (non-hydrogen) atoms. The monoisotopic (exact) mass is 356 g/mol. The summed E-state index contributed by atoms with van der Waals surface area (Å²) in [6.45, 7) is 2.08. The molecule has 2 N–H and O–H groups in total. The smallest absolute Gasteiger partial charge is 0.329 e. The van der Waals surface area contributed by atoms with Gasteiger partial charge in [-0.25, -0.2) is 14.2 Å². The maximum absolute atomic E-state index is 13.1. The Morgan fingerprint density at radius 2 is 1.81 bits per heavy atom. The second-order valence-corrected chi connectivity index (χ2v) is 6.94. The first-order valence-corrected chi connectivity index (χ1v) is 8.68. The molecule has 6 heteroatoms. The van der Waals surface area contributed by atoms with Gasteiger partial charge in [0.2, 0.25) is 0 Å². The third kappa shape index (κ3) is 3.74. The number of aromatic nitrogens is 1. The van der Waals surface area contributed by atoms with Gasteiger partial charge in [-0.1, -0.05) is 13.0 Å². The highest BCUT2D eigenvalue weighted by Crippen LogP contribution is 2.32. The van der Waals surface area contributed by atoms with E-state index in [2.05, 4.69) is 17.2 Å². The zero-order chi connectivity index (χ0) is 18.7. The number of halogens is 1. The minimum atomic E-state index is -1.24.